The predicted molar refractivity (Wildman–Crippen MR) is 116 cm³/mol. The number of unbranched alkanes of at least 4 members (excludes halogenated alkanes) is 1. The summed E-state index contributed by atoms with van der Waals surface area (Å²) in [6, 6.07) is -2.55. The highest BCUT2D eigenvalue weighted by atomic mass is 16.4. The molecule has 0 radical (unpaired) electrons. The molecular weight excluding hydrogens is 420 g/mol. The number of carboxylic acid groups (broad SMARTS) is 1. The Morgan fingerprint density at radius 3 is 2.31 bits per heavy atom. The van der Waals surface area contributed by atoms with Gasteiger partial charge >= 0.3 is 5.97 Å². The fourth-order valence-electron chi connectivity index (χ4n) is 3.38. The Morgan fingerprint density at radius 2 is 1.72 bits per heavy atom. The van der Waals surface area contributed by atoms with Gasteiger partial charge in [-0.1, -0.05) is 20.3 Å². The maximum Gasteiger partial charge on any atom is 0.326 e. The standard InChI is InChI=1S/C20H36N6O6/c1-12(2)17(19(30)26-9-5-7-14(26)20(31)32)25-16(28)11-23-15(27)10-24-18(29)13(22)6-3-4-8-21/h12-14,17H,3-11,21-22H2,1-2H3,(H,23,27)(H,24,29)(H,25,28)(H,31,32)/t13-,14-,17-/m0/s1. The summed E-state index contributed by atoms with van der Waals surface area (Å²) in [4.78, 5) is 61.5. The van der Waals surface area contributed by atoms with E-state index in [0.717, 1.165) is 6.42 Å². The van der Waals surface area contributed by atoms with Crippen LogP contribution in [0.15, 0.2) is 0 Å². The molecule has 0 aromatic rings. The lowest BCUT2D eigenvalue weighted by Gasteiger charge is -2.29. The topological polar surface area (TPSA) is 197 Å². The van der Waals surface area contributed by atoms with Gasteiger partial charge in [0.05, 0.1) is 19.1 Å². The van der Waals surface area contributed by atoms with Gasteiger partial charge in [0.15, 0.2) is 0 Å². The molecule has 1 heterocycles. The number of carbonyl (C=O) groups excluding carboxylic acids is 4. The lowest BCUT2D eigenvalue weighted by atomic mass is 10.0. The molecule has 0 aliphatic carbocycles. The number of carbonyl (C=O) groups is 5. The normalized spacial score (nSPS) is 17.5. The van der Waals surface area contributed by atoms with Gasteiger partial charge in [-0.15, -0.1) is 0 Å². The molecule has 0 aromatic heterocycles. The van der Waals surface area contributed by atoms with E-state index in [1.165, 1.54) is 4.90 Å². The minimum Gasteiger partial charge on any atom is -0.480 e. The second-order valence-electron chi connectivity index (χ2n) is 8.20. The lowest BCUT2D eigenvalue weighted by Crippen LogP contribution is -2.55. The Morgan fingerprint density at radius 1 is 1.06 bits per heavy atom. The van der Waals surface area contributed by atoms with Crippen LogP contribution in [0.1, 0.15) is 46.0 Å². The number of aliphatic carboxylic acids is 1. The van der Waals surface area contributed by atoms with E-state index < -0.39 is 54.3 Å². The van der Waals surface area contributed by atoms with Crippen LogP contribution in [0.4, 0.5) is 0 Å². The number of hydrogen-bond acceptors (Lipinski definition) is 7. The van der Waals surface area contributed by atoms with Crippen molar-refractivity contribution in [3.05, 3.63) is 0 Å². The molecule has 12 heteroatoms. The largest absolute Gasteiger partial charge is 0.480 e. The van der Waals surface area contributed by atoms with E-state index in [2.05, 4.69) is 16.0 Å². The van der Waals surface area contributed by atoms with Crippen molar-refractivity contribution in [1.29, 1.82) is 0 Å². The Labute approximate surface area is 187 Å². The number of carboxylic acids is 1. The highest BCUT2D eigenvalue weighted by Gasteiger charge is 2.38. The Balaban J connectivity index is 2.46. The predicted octanol–water partition coefficient (Wildman–Crippen LogP) is -2.11. The van der Waals surface area contributed by atoms with Gasteiger partial charge < -0.3 is 37.4 Å². The summed E-state index contributed by atoms with van der Waals surface area (Å²) >= 11 is 0. The first-order chi connectivity index (χ1) is 15.1. The average molecular weight is 457 g/mol. The number of amides is 4. The average Bonchev–Trinajstić information content (AvgIpc) is 3.24. The van der Waals surface area contributed by atoms with E-state index in [0.29, 0.717) is 38.8 Å². The third kappa shape index (κ3) is 8.79. The smallest absolute Gasteiger partial charge is 0.326 e. The number of rotatable bonds is 13. The molecule has 3 atom stereocenters. The molecule has 1 rings (SSSR count). The van der Waals surface area contributed by atoms with Crippen molar-refractivity contribution in [2.75, 3.05) is 26.2 Å². The number of nitrogens with zero attached hydrogens (tertiary/aromatic N) is 1. The van der Waals surface area contributed by atoms with E-state index >= 15 is 0 Å². The minimum absolute atomic E-state index is 0.280. The first kappa shape index (κ1) is 27.3. The molecule has 4 amide bonds. The third-order valence-corrected chi connectivity index (χ3v) is 5.25. The second-order valence-corrected chi connectivity index (χ2v) is 8.20. The van der Waals surface area contributed by atoms with Crippen LogP contribution in [0.2, 0.25) is 0 Å². The van der Waals surface area contributed by atoms with Gasteiger partial charge in [0.2, 0.25) is 23.6 Å². The van der Waals surface area contributed by atoms with Gasteiger partial charge in [-0.25, -0.2) is 4.79 Å². The summed E-state index contributed by atoms with van der Waals surface area (Å²) in [5.41, 5.74) is 11.1. The monoisotopic (exact) mass is 456 g/mol. The van der Waals surface area contributed by atoms with Gasteiger partial charge in [0.25, 0.3) is 0 Å². The van der Waals surface area contributed by atoms with Crippen LogP contribution in [-0.2, 0) is 24.0 Å². The minimum atomic E-state index is -1.07. The highest BCUT2D eigenvalue weighted by Crippen LogP contribution is 2.20. The molecule has 182 valence electrons. The number of likely N-dealkylation sites (tertiary alicyclic amines) is 1. The molecule has 0 unspecified atom stereocenters. The fourth-order valence-corrected chi connectivity index (χ4v) is 3.38. The Hall–Kier alpha value is -2.73. The highest BCUT2D eigenvalue weighted by molar-refractivity contribution is 5.93. The maximum absolute atomic E-state index is 12.8. The van der Waals surface area contributed by atoms with Gasteiger partial charge in [-0.2, -0.15) is 0 Å². The molecule has 0 aromatic carbocycles. The van der Waals surface area contributed by atoms with E-state index in [1.54, 1.807) is 13.8 Å². The summed E-state index contributed by atoms with van der Waals surface area (Å²) < 4.78 is 0. The molecule has 0 saturated carbocycles. The van der Waals surface area contributed by atoms with Crippen molar-refractivity contribution in [2.45, 2.75) is 64.1 Å². The summed E-state index contributed by atoms with van der Waals surface area (Å²) in [7, 11) is 0. The van der Waals surface area contributed by atoms with Gasteiger partial charge in [-0.05, 0) is 38.1 Å². The molecule has 8 N–H and O–H groups in total. The quantitative estimate of drug-likeness (QED) is 0.169. The van der Waals surface area contributed by atoms with Crippen molar-refractivity contribution in [1.82, 2.24) is 20.9 Å². The first-order valence-corrected chi connectivity index (χ1v) is 10.9. The van der Waals surface area contributed by atoms with Crippen LogP contribution in [0, 0.1) is 5.92 Å². The molecule has 1 aliphatic heterocycles. The summed E-state index contributed by atoms with van der Waals surface area (Å²) in [5.74, 6) is -3.46. The van der Waals surface area contributed by atoms with Crippen molar-refractivity contribution < 1.29 is 29.1 Å². The molecule has 1 saturated heterocycles. The Bertz CT molecular complexity index is 685. The number of nitrogens with one attached hydrogen (secondary N) is 3. The zero-order valence-electron chi connectivity index (χ0n) is 18.8. The second kappa shape index (κ2) is 13.6. The van der Waals surface area contributed by atoms with Crippen LogP contribution in [0.5, 0.6) is 0 Å². The molecule has 12 nitrogen and oxygen atoms in total. The fraction of sp³-hybridized carbons (Fsp3) is 0.750. The molecule has 1 fully saturated rings. The number of nitrogens with two attached hydrogens (primary N) is 2. The van der Waals surface area contributed by atoms with Gasteiger partial charge in [0, 0.05) is 6.54 Å². The summed E-state index contributed by atoms with van der Waals surface area (Å²) in [6.45, 7) is 3.58. The SMILES string of the molecule is CC(C)[C@H](NC(=O)CNC(=O)CNC(=O)[C@@H](N)CCCCN)C(=O)N1CCC[C@H]1C(=O)O. The van der Waals surface area contributed by atoms with Crippen LogP contribution in [0.3, 0.4) is 0 Å². The van der Waals surface area contributed by atoms with Crippen molar-refractivity contribution >= 4 is 29.6 Å². The first-order valence-electron chi connectivity index (χ1n) is 10.9. The summed E-state index contributed by atoms with van der Waals surface area (Å²) in [6.07, 6.45) is 2.87. The van der Waals surface area contributed by atoms with Crippen LogP contribution in [-0.4, -0.2) is 83.9 Å². The molecule has 0 bridgehead atoms. The third-order valence-electron chi connectivity index (χ3n) is 5.25. The van der Waals surface area contributed by atoms with E-state index in [1.807, 2.05) is 0 Å². The molecule has 1 aliphatic rings. The lowest BCUT2D eigenvalue weighted by molar-refractivity contribution is -0.149. The van der Waals surface area contributed by atoms with E-state index in [4.69, 9.17) is 11.5 Å². The van der Waals surface area contributed by atoms with Crippen molar-refractivity contribution in [2.24, 2.45) is 17.4 Å². The van der Waals surface area contributed by atoms with Crippen LogP contribution < -0.4 is 27.4 Å². The van der Waals surface area contributed by atoms with E-state index in [-0.39, 0.29) is 12.5 Å². The summed E-state index contributed by atoms with van der Waals surface area (Å²) in [5, 5.41) is 16.6. The van der Waals surface area contributed by atoms with Gasteiger partial charge in [0.1, 0.15) is 12.1 Å². The molecule has 32 heavy (non-hydrogen) atoms. The van der Waals surface area contributed by atoms with Crippen LogP contribution in [0.25, 0.3) is 0 Å². The molecule has 0 spiro atoms. The Kier molecular flexibility index (Phi) is 11.6. The van der Waals surface area contributed by atoms with Crippen LogP contribution >= 0.6 is 0 Å². The maximum atomic E-state index is 12.8. The number of hydrogen-bond donors (Lipinski definition) is 6. The van der Waals surface area contributed by atoms with Crippen molar-refractivity contribution in [3.63, 3.8) is 0 Å². The zero-order chi connectivity index (χ0) is 24.3. The zero-order valence-corrected chi connectivity index (χ0v) is 18.8. The van der Waals surface area contributed by atoms with Gasteiger partial charge in [-0.3, -0.25) is 19.2 Å². The van der Waals surface area contributed by atoms with Crippen molar-refractivity contribution in [3.8, 4) is 0 Å². The van der Waals surface area contributed by atoms with E-state index in [9.17, 15) is 29.1 Å². The molecular formula is C20H36N6O6.